The van der Waals surface area contributed by atoms with Gasteiger partial charge in [0.1, 0.15) is 5.38 Å². The van der Waals surface area contributed by atoms with E-state index in [9.17, 15) is 9.59 Å². The predicted octanol–water partition coefficient (Wildman–Crippen LogP) is 1.32. The highest BCUT2D eigenvalue weighted by molar-refractivity contribution is 6.30. The molecule has 0 saturated heterocycles. The third-order valence-corrected chi connectivity index (χ3v) is 2.41. The Bertz CT molecular complexity index is 221. The van der Waals surface area contributed by atoms with E-state index < -0.39 is 11.3 Å². The monoisotopic (exact) mass is 235 g/mol. The fourth-order valence-electron chi connectivity index (χ4n) is 1.14. The summed E-state index contributed by atoms with van der Waals surface area (Å²) in [6.07, 6.45) is 1.78. The van der Waals surface area contributed by atoms with Gasteiger partial charge in [-0.2, -0.15) is 0 Å². The second-order valence-electron chi connectivity index (χ2n) is 3.43. The normalized spacial score (nSPS) is 14.1. The van der Waals surface area contributed by atoms with Gasteiger partial charge in [-0.05, 0) is 6.42 Å². The average molecular weight is 236 g/mol. The number of carbonyl (C=O) groups excluding carboxylic acids is 2. The molecule has 0 aliphatic carbocycles. The third kappa shape index (κ3) is 5.62. The minimum Gasteiger partial charge on any atom is -0.468 e. The highest BCUT2D eigenvalue weighted by Gasteiger charge is 2.18. The number of amides is 1. The topological polar surface area (TPSA) is 55.4 Å². The molecule has 15 heavy (non-hydrogen) atoms. The van der Waals surface area contributed by atoms with Crippen LogP contribution in [0.2, 0.25) is 0 Å². The minimum atomic E-state index is -0.812. The van der Waals surface area contributed by atoms with E-state index in [0.717, 1.165) is 12.8 Å². The summed E-state index contributed by atoms with van der Waals surface area (Å²) in [6.45, 7) is 3.98. The van der Waals surface area contributed by atoms with Crippen molar-refractivity contribution in [3.63, 3.8) is 0 Å². The van der Waals surface area contributed by atoms with Crippen LogP contribution in [0.25, 0.3) is 0 Å². The molecule has 0 radical (unpaired) electrons. The van der Waals surface area contributed by atoms with Crippen LogP contribution in [0.3, 0.4) is 0 Å². The Morgan fingerprint density at radius 2 is 2.07 bits per heavy atom. The van der Waals surface area contributed by atoms with Crippen molar-refractivity contribution in [2.75, 3.05) is 13.7 Å². The minimum absolute atomic E-state index is 0.0449. The summed E-state index contributed by atoms with van der Waals surface area (Å²) in [4.78, 5) is 22.3. The van der Waals surface area contributed by atoms with Gasteiger partial charge >= 0.3 is 5.97 Å². The summed E-state index contributed by atoms with van der Waals surface area (Å²) < 4.78 is 4.43. The molecule has 0 aliphatic heterocycles. The maximum absolute atomic E-state index is 11.4. The van der Waals surface area contributed by atoms with E-state index >= 15 is 0 Å². The lowest BCUT2D eigenvalue weighted by Gasteiger charge is -2.12. The van der Waals surface area contributed by atoms with Crippen molar-refractivity contribution in [1.82, 2.24) is 5.32 Å². The first-order valence-electron chi connectivity index (χ1n) is 5.02. The number of hydrogen-bond acceptors (Lipinski definition) is 3. The average Bonchev–Trinajstić information content (AvgIpc) is 2.24. The van der Waals surface area contributed by atoms with Crippen molar-refractivity contribution in [2.24, 2.45) is 5.92 Å². The zero-order valence-electron chi connectivity index (χ0n) is 9.38. The van der Waals surface area contributed by atoms with Gasteiger partial charge in [0.25, 0.3) is 0 Å². The largest absolute Gasteiger partial charge is 0.468 e. The zero-order chi connectivity index (χ0) is 11.8. The molecule has 1 N–H and O–H groups in total. The second kappa shape index (κ2) is 7.51. The number of carbonyl (C=O) groups is 2. The van der Waals surface area contributed by atoms with Gasteiger partial charge in [-0.25, -0.2) is 0 Å². The van der Waals surface area contributed by atoms with E-state index in [-0.39, 0.29) is 18.4 Å². The van der Waals surface area contributed by atoms with Crippen LogP contribution in [0.5, 0.6) is 0 Å². The first kappa shape index (κ1) is 14.2. The van der Waals surface area contributed by atoms with Crippen LogP contribution < -0.4 is 5.32 Å². The highest BCUT2D eigenvalue weighted by Crippen LogP contribution is 2.05. The molecule has 0 aromatic carbocycles. The highest BCUT2D eigenvalue weighted by atomic mass is 35.5. The van der Waals surface area contributed by atoms with Crippen LogP contribution in [0.15, 0.2) is 0 Å². The molecule has 2 unspecified atom stereocenters. The van der Waals surface area contributed by atoms with Gasteiger partial charge in [-0.15, -0.1) is 11.6 Å². The van der Waals surface area contributed by atoms with E-state index in [4.69, 9.17) is 11.6 Å². The SMILES string of the molecule is CCCC(C)C(=O)NCC(Cl)C(=O)OC. The Balaban J connectivity index is 3.84. The predicted molar refractivity (Wildman–Crippen MR) is 58.7 cm³/mol. The molecule has 0 aliphatic rings. The molecule has 0 saturated carbocycles. The van der Waals surface area contributed by atoms with Crippen molar-refractivity contribution >= 4 is 23.5 Å². The summed E-state index contributed by atoms with van der Waals surface area (Å²) in [6, 6.07) is 0. The molecule has 0 rings (SSSR count). The molecule has 0 bridgehead atoms. The number of rotatable bonds is 6. The summed E-state index contributed by atoms with van der Waals surface area (Å²) >= 11 is 5.67. The Morgan fingerprint density at radius 1 is 1.47 bits per heavy atom. The Morgan fingerprint density at radius 3 is 2.53 bits per heavy atom. The van der Waals surface area contributed by atoms with Crippen molar-refractivity contribution in [3.8, 4) is 0 Å². The van der Waals surface area contributed by atoms with Gasteiger partial charge in [-0.1, -0.05) is 20.3 Å². The molecule has 88 valence electrons. The number of alkyl halides is 1. The Hall–Kier alpha value is -0.770. The molecule has 0 aromatic rings. The smallest absolute Gasteiger partial charge is 0.325 e. The van der Waals surface area contributed by atoms with Gasteiger partial charge in [0.2, 0.25) is 5.91 Å². The molecule has 5 heteroatoms. The lowest BCUT2D eigenvalue weighted by molar-refractivity contribution is -0.140. The standard InChI is InChI=1S/C10H18ClNO3/c1-4-5-7(2)9(13)12-6-8(11)10(14)15-3/h7-8H,4-6H2,1-3H3,(H,12,13). The molecule has 1 amide bonds. The molecule has 0 aromatic heterocycles. The third-order valence-electron chi connectivity index (χ3n) is 2.08. The van der Waals surface area contributed by atoms with Crippen molar-refractivity contribution in [3.05, 3.63) is 0 Å². The quantitative estimate of drug-likeness (QED) is 0.558. The summed E-state index contributed by atoms with van der Waals surface area (Å²) in [5.41, 5.74) is 0. The van der Waals surface area contributed by atoms with E-state index in [0.29, 0.717) is 0 Å². The van der Waals surface area contributed by atoms with E-state index in [1.54, 1.807) is 0 Å². The second-order valence-corrected chi connectivity index (χ2v) is 3.95. The number of halogens is 1. The number of esters is 1. The van der Waals surface area contributed by atoms with Crippen LogP contribution in [0.4, 0.5) is 0 Å². The molecular weight excluding hydrogens is 218 g/mol. The lowest BCUT2D eigenvalue weighted by atomic mass is 10.1. The maximum Gasteiger partial charge on any atom is 0.325 e. The molecule has 0 heterocycles. The number of hydrogen-bond donors (Lipinski definition) is 1. The summed E-state index contributed by atoms with van der Waals surface area (Å²) in [5, 5.41) is 1.80. The van der Waals surface area contributed by atoms with Crippen molar-refractivity contribution in [1.29, 1.82) is 0 Å². The van der Waals surface area contributed by atoms with E-state index in [1.165, 1.54) is 7.11 Å². The van der Waals surface area contributed by atoms with Crippen molar-refractivity contribution < 1.29 is 14.3 Å². The first-order valence-corrected chi connectivity index (χ1v) is 5.46. The summed E-state index contributed by atoms with van der Waals surface area (Å²) in [7, 11) is 1.26. The van der Waals surface area contributed by atoms with Crippen LogP contribution in [-0.4, -0.2) is 30.9 Å². The first-order chi connectivity index (χ1) is 7.02. The molecule has 4 nitrogen and oxygen atoms in total. The summed E-state index contributed by atoms with van der Waals surface area (Å²) in [5.74, 6) is -0.650. The molecule has 0 spiro atoms. The maximum atomic E-state index is 11.4. The van der Waals surface area contributed by atoms with Gasteiger partial charge in [-0.3, -0.25) is 9.59 Å². The van der Waals surface area contributed by atoms with Crippen LogP contribution in [0.1, 0.15) is 26.7 Å². The van der Waals surface area contributed by atoms with Crippen molar-refractivity contribution in [2.45, 2.75) is 32.1 Å². The number of nitrogens with one attached hydrogen (secondary N) is 1. The van der Waals surface area contributed by atoms with Crippen LogP contribution in [0, 0.1) is 5.92 Å². The molecule has 2 atom stereocenters. The van der Waals surface area contributed by atoms with Gasteiger partial charge in [0, 0.05) is 12.5 Å². The zero-order valence-corrected chi connectivity index (χ0v) is 10.1. The van der Waals surface area contributed by atoms with Gasteiger partial charge in [0.05, 0.1) is 7.11 Å². The molecule has 0 fully saturated rings. The van der Waals surface area contributed by atoms with Crippen LogP contribution >= 0.6 is 11.6 Å². The Kier molecular flexibility index (Phi) is 7.13. The Labute approximate surface area is 95.3 Å². The van der Waals surface area contributed by atoms with Crippen LogP contribution in [-0.2, 0) is 14.3 Å². The fourth-order valence-corrected chi connectivity index (χ4v) is 1.31. The van der Waals surface area contributed by atoms with E-state index in [2.05, 4.69) is 10.1 Å². The number of ether oxygens (including phenoxy) is 1. The van der Waals surface area contributed by atoms with E-state index in [1.807, 2.05) is 13.8 Å². The number of methoxy groups -OCH3 is 1. The fraction of sp³-hybridized carbons (Fsp3) is 0.800. The van der Waals surface area contributed by atoms with Gasteiger partial charge in [0.15, 0.2) is 0 Å². The van der Waals surface area contributed by atoms with Gasteiger partial charge < -0.3 is 10.1 Å². The lowest BCUT2D eigenvalue weighted by Crippen LogP contribution is -2.36. The molecular formula is C10H18ClNO3.